The number of aromatic nitrogens is 2. The number of carbonyl (C=O) groups excluding carboxylic acids is 1. The van der Waals surface area contributed by atoms with Crippen LogP contribution in [0.25, 0.3) is 0 Å². The average molecular weight is 297 g/mol. The van der Waals surface area contributed by atoms with E-state index in [9.17, 15) is 13.2 Å². The molecule has 0 bridgehead atoms. The highest BCUT2D eigenvalue weighted by Crippen LogP contribution is 2.17. The number of nitrogens with one attached hydrogen (secondary N) is 1. The van der Waals surface area contributed by atoms with E-state index < -0.39 is 15.7 Å². The number of hydrogen-bond acceptors (Lipinski definition) is 6. The summed E-state index contributed by atoms with van der Waals surface area (Å²) in [5.74, 6) is -0.403. The molecule has 0 unspecified atom stereocenters. The number of anilines is 1. The van der Waals surface area contributed by atoms with Crippen molar-refractivity contribution in [2.45, 2.75) is 11.8 Å². The second kappa shape index (κ2) is 5.06. The Hall–Kier alpha value is -1.80. The second-order valence-corrected chi connectivity index (χ2v) is 6.80. The van der Waals surface area contributed by atoms with Gasteiger partial charge in [-0.3, -0.25) is 10.1 Å². The van der Waals surface area contributed by atoms with Crippen molar-refractivity contribution in [3.05, 3.63) is 34.8 Å². The van der Waals surface area contributed by atoms with Gasteiger partial charge in [-0.05, 0) is 24.6 Å². The molecule has 0 atom stereocenters. The molecule has 0 saturated carbocycles. The van der Waals surface area contributed by atoms with Crippen LogP contribution in [0.15, 0.2) is 28.6 Å². The molecule has 1 amide bonds. The van der Waals surface area contributed by atoms with Crippen molar-refractivity contribution in [3.8, 4) is 0 Å². The SMILES string of the molecule is Cc1ccc(S(C)(=O)=O)cc1C(=O)Nc1nncs1. The number of amides is 1. The van der Waals surface area contributed by atoms with Crippen LogP contribution in [-0.4, -0.2) is 30.8 Å². The van der Waals surface area contributed by atoms with E-state index in [4.69, 9.17) is 0 Å². The summed E-state index contributed by atoms with van der Waals surface area (Å²) >= 11 is 1.19. The van der Waals surface area contributed by atoms with Gasteiger partial charge < -0.3 is 0 Å². The van der Waals surface area contributed by atoms with Crippen LogP contribution in [0.3, 0.4) is 0 Å². The normalized spacial score (nSPS) is 11.3. The fourth-order valence-corrected chi connectivity index (χ4v) is 2.56. The van der Waals surface area contributed by atoms with E-state index in [1.165, 1.54) is 29.0 Å². The Morgan fingerprint density at radius 2 is 2.11 bits per heavy atom. The molecule has 0 spiro atoms. The quantitative estimate of drug-likeness (QED) is 0.927. The molecule has 0 saturated heterocycles. The van der Waals surface area contributed by atoms with Crippen molar-refractivity contribution in [1.29, 1.82) is 0 Å². The Labute approximate surface area is 114 Å². The molecule has 1 N–H and O–H groups in total. The van der Waals surface area contributed by atoms with Crippen LogP contribution in [0, 0.1) is 6.92 Å². The van der Waals surface area contributed by atoms with Gasteiger partial charge in [0.1, 0.15) is 5.51 Å². The lowest BCUT2D eigenvalue weighted by Crippen LogP contribution is -2.14. The van der Waals surface area contributed by atoms with Gasteiger partial charge in [-0.1, -0.05) is 17.4 Å². The zero-order valence-electron chi connectivity index (χ0n) is 10.2. The molecular formula is C11H11N3O3S2. The van der Waals surface area contributed by atoms with Crippen molar-refractivity contribution < 1.29 is 13.2 Å². The topological polar surface area (TPSA) is 89.0 Å². The van der Waals surface area contributed by atoms with Crippen molar-refractivity contribution in [2.24, 2.45) is 0 Å². The summed E-state index contributed by atoms with van der Waals surface area (Å²) in [5.41, 5.74) is 2.49. The fourth-order valence-electron chi connectivity index (χ4n) is 1.47. The molecule has 0 aliphatic heterocycles. The molecule has 0 aliphatic rings. The summed E-state index contributed by atoms with van der Waals surface area (Å²) in [6.07, 6.45) is 1.10. The molecule has 1 heterocycles. The molecule has 2 rings (SSSR count). The summed E-state index contributed by atoms with van der Waals surface area (Å²) < 4.78 is 23.0. The fraction of sp³-hybridized carbons (Fsp3) is 0.182. The molecule has 8 heteroatoms. The first-order valence-corrected chi connectivity index (χ1v) is 8.03. The highest BCUT2D eigenvalue weighted by atomic mass is 32.2. The predicted octanol–water partition coefficient (Wildman–Crippen LogP) is 1.50. The van der Waals surface area contributed by atoms with Gasteiger partial charge in [0.2, 0.25) is 5.13 Å². The lowest BCUT2D eigenvalue weighted by Gasteiger charge is -2.07. The molecule has 0 fully saturated rings. The highest BCUT2D eigenvalue weighted by Gasteiger charge is 2.15. The van der Waals surface area contributed by atoms with E-state index in [-0.39, 0.29) is 4.90 Å². The van der Waals surface area contributed by atoms with Crippen molar-refractivity contribution >= 4 is 32.2 Å². The monoisotopic (exact) mass is 297 g/mol. The first-order valence-electron chi connectivity index (χ1n) is 5.26. The average Bonchev–Trinajstić information content (AvgIpc) is 2.80. The van der Waals surface area contributed by atoms with Gasteiger partial charge in [0.25, 0.3) is 5.91 Å². The zero-order chi connectivity index (χ0) is 14.0. The maximum atomic E-state index is 12.0. The minimum Gasteiger partial charge on any atom is -0.296 e. The molecule has 100 valence electrons. The Bertz CT molecular complexity index is 709. The highest BCUT2D eigenvalue weighted by molar-refractivity contribution is 7.90. The molecule has 2 aromatic rings. The smallest absolute Gasteiger partial charge is 0.257 e. The Morgan fingerprint density at radius 1 is 1.37 bits per heavy atom. The molecular weight excluding hydrogens is 286 g/mol. The standard InChI is InChI=1S/C11H11N3O3S2/c1-7-3-4-8(19(2,16)17)5-9(7)10(15)13-11-14-12-6-18-11/h3-6H,1-2H3,(H,13,14,15). The maximum absolute atomic E-state index is 12.0. The lowest BCUT2D eigenvalue weighted by atomic mass is 10.1. The summed E-state index contributed by atoms with van der Waals surface area (Å²) in [4.78, 5) is 12.2. The van der Waals surface area contributed by atoms with E-state index in [0.29, 0.717) is 16.3 Å². The van der Waals surface area contributed by atoms with E-state index in [1.807, 2.05) is 0 Å². The van der Waals surface area contributed by atoms with Crippen molar-refractivity contribution in [1.82, 2.24) is 10.2 Å². The van der Waals surface area contributed by atoms with Gasteiger partial charge >= 0.3 is 0 Å². The summed E-state index contributed by atoms with van der Waals surface area (Å²) in [7, 11) is -3.34. The van der Waals surface area contributed by atoms with E-state index in [1.54, 1.807) is 13.0 Å². The molecule has 19 heavy (non-hydrogen) atoms. The Balaban J connectivity index is 2.36. The number of benzene rings is 1. The summed E-state index contributed by atoms with van der Waals surface area (Å²) in [5, 5.41) is 10.2. The predicted molar refractivity (Wildman–Crippen MR) is 72.2 cm³/mol. The zero-order valence-corrected chi connectivity index (χ0v) is 11.9. The minimum atomic E-state index is -3.34. The maximum Gasteiger partial charge on any atom is 0.257 e. The summed E-state index contributed by atoms with van der Waals surface area (Å²) in [6.45, 7) is 1.74. The van der Waals surface area contributed by atoms with Gasteiger partial charge in [-0.2, -0.15) is 0 Å². The van der Waals surface area contributed by atoms with Crippen molar-refractivity contribution in [3.63, 3.8) is 0 Å². The Kier molecular flexibility index (Phi) is 3.63. The van der Waals surface area contributed by atoms with E-state index in [2.05, 4.69) is 15.5 Å². The largest absolute Gasteiger partial charge is 0.296 e. The Morgan fingerprint density at radius 3 is 2.68 bits per heavy atom. The number of rotatable bonds is 3. The third-order valence-corrected chi connectivity index (χ3v) is 4.18. The van der Waals surface area contributed by atoms with Crippen LogP contribution in [0.5, 0.6) is 0 Å². The van der Waals surface area contributed by atoms with Crippen molar-refractivity contribution in [2.75, 3.05) is 11.6 Å². The number of sulfone groups is 1. The molecule has 0 aliphatic carbocycles. The van der Waals surface area contributed by atoms with Gasteiger partial charge in [0.15, 0.2) is 9.84 Å². The van der Waals surface area contributed by atoms with Gasteiger partial charge in [0.05, 0.1) is 4.90 Å². The lowest BCUT2D eigenvalue weighted by molar-refractivity contribution is 0.102. The van der Waals surface area contributed by atoms with Gasteiger partial charge in [-0.25, -0.2) is 8.42 Å². The number of nitrogens with zero attached hydrogens (tertiary/aromatic N) is 2. The molecule has 1 aromatic carbocycles. The number of carbonyl (C=O) groups is 1. The molecule has 0 radical (unpaired) electrons. The van der Waals surface area contributed by atoms with Crippen LogP contribution in [0.2, 0.25) is 0 Å². The van der Waals surface area contributed by atoms with E-state index >= 15 is 0 Å². The minimum absolute atomic E-state index is 0.112. The van der Waals surface area contributed by atoms with Gasteiger partial charge in [-0.15, -0.1) is 10.2 Å². The first kappa shape index (κ1) is 13.6. The third-order valence-electron chi connectivity index (χ3n) is 2.46. The number of aryl methyl sites for hydroxylation is 1. The third kappa shape index (κ3) is 3.15. The van der Waals surface area contributed by atoms with E-state index in [0.717, 1.165) is 6.26 Å². The van der Waals surface area contributed by atoms with Crippen LogP contribution >= 0.6 is 11.3 Å². The van der Waals surface area contributed by atoms with Crippen LogP contribution in [0.4, 0.5) is 5.13 Å². The van der Waals surface area contributed by atoms with Crippen LogP contribution in [0.1, 0.15) is 15.9 Å². The summed E-state index contributed by atoms with van der Waals surface area (Å²) in [6, 6.07) is 4.44. The second-order valence-electron chi connectivity index (χ2n) is 3.95. The van der Waals surface area contributed by atoms with Crippen LogP contribution < -0.4 is 5.32 Å². The number of hydrogen-bond donors (Lipinski definition) is 1. The van der Waals surface area contributed by atoms with Gasteiger partial charge in [0, 0.05) is 11.8 Å². The molecule has 1 aromatic heterocycles. The molecule has 6 nitrogen and oxygen atoms in total. The van der Waals surface area contributed by atoms with Crippen LogP contribution in [-0.2, 0) is 9.84 Å². The first-order chi connectivity index (χ1) is 8.88.